The number of thioether (sulfide) groups is 1. The predicted molar refractivity (Wildman–Crippen MR) is 108 cm³/mol. The number of carbonyl (C=O) groups excluding carboxylic acids is 1. The molecule has 0 aliphatic heterocycles. The summed E-state index contributed by atoms with van der Waals surface area (Å²) in [5.41, 5.74) is 2.35. The third kappa shape index (κ3) is 3.95. The molecule has 1 amide bonds. The zero-order valence-corrected chi connectivity index (χ0v) is 16.5. The van der Waals surface area contributed by atoms with Gasteiger partial charge in [0.05, 0.1) is 28.7 Å². The van der Waals surface area contributed by atoms with Gasteiger partial charge in [-0.3, -0.25) is 4.79 Å². The van der Waals surface area contributed by atoms with E-state index in [0.717, 1.165) is 16.8 Å². The second-order valence-electron chi connectivity index (χ2n) is 5.58. The number of hydrogen-bond donors (Lipinski definition) is 1. The van der Waals surface area contributed by atoms with Crippen molar-refractivity contribution in [3.05, 3.63) is 52.9 Å². The van der Waals surface area contributed by atoms with Gasteiger partial charge in [0.25, 0.3) is 0 Å². The van der Waals surface area contributed by atoms with E-state index < -0.39 is 0 Å². The Bertz CT molecular complexity index is 1130. The van der Waals surface area contributed by atoms with E-state index in [1.54, 1.807) is 16.9 Å². The summed E-state index contributed by atoms with van der Waals surface area (Å²) >= 11 is 8.80. The van der Waals surface area contributed by atoms with Crippen LogP contribution in [0.5, 0.6) is 0 Å². The lowest BCUT2D eigenvalue weighted by Crippen LogP contribution is -2.14. The first-order chi connectivity index (χ1) is 13.1. The molecule has 136 valence electrons. The van der Waals surface area contributed by atoms with E-state index >= 15 is 0 Å². The standard InChI is InChI=1S/C17H13ClN6OS2/c1-10-7-27-17(22-10)23-14(25)8-26-16-13-6-21-24(15(13)19-9-20-16)12-4-2-3-11(18)5-12/h2-7,9H,8H2,1H3,(H,22,23,25). The predicted octanol–water partition coefficient (Wildman–Crippen LogP) is 3.96. The number of amides is 1. The number of carbonyl (C=O) groups is 1. The molecule has 0 saturated carbocycles. The molecule has 3 aromatic heterocycles. The summed E-state index contributed by atoms with van der Waals surface area (Å²) in [6, 6.07) is 7.37. The van der Waals surface area contributed by atoms with E-state index in [2.05, 4.69) is 25.4 Å². The molecule has 0 aliphatic rings. The van der Waals surface area contributed by atoms with Crippen molar-refractivity contribution in [2.24, 2.45) is 0 Å². The van der Waals surface area contributed by atoms with Crippen LogP contribution in [-0.4, -0.2) is 36.4 Å². The normalized spacial score (nSPS) is 11.0. The highest BCUT2D eigenvalue weighted by molar-refractivity contribution is 8.00. The molecule has 0 radical (unpaired) electrons. The number of nitrogens with one attached hydrogen (secondary N) is 1. The third-order valence-electron chi connectivity index (χ3n) is 3.59. The quantitative estimate of drug-likeness (QED) is 0.391. The lowest BCUT2D eigenvalue weighted by atomic mass is 10.3. The van der Waals surface area contributed by atoms with Gasteiger partial charge in [0.2, 0.25) is 5.91 Å². The molecule has 0 aliphatic carbocycles. The number of benzene rings is 1. The Morgan fingerprint density at radius 1 is 1.37 bits per heavy atom. The first-order valence-corrected chi connectivity index (χ1v) is 10.1. The molecular formula is C17H13ClN6OS2. The van der Waals surface area contributed by atoms with Crippen molar-refractivity contribution in [2.75, 3.05) is 11.1 Å². The van der Waals surface area contributed by atoms with Gasteiger partial charge >= 0.3 is 0 Å². The van der Waals surface area contributed by atoms with Crippen molar-refractivity contribution < 1.29 is 4.79 Å². The smallest absolute Gasteiger partial charge is 0.236 e. The minimum Gasteiger partial charge on any atom is -0.301 e. The van der Waals surface area contributed by atoms with Gasteiger partial charge < -0.3 is 5.32 Å². The molecule has 4 rings (SSSR count). The van der Waals surface area contributed by atoms with Crippen molar-refractivity contribution in [2.45, 2.75) is 11.9 Å². The van der Waals surface area contributed by atoms with E-state index in [1.165, 1.54) is 29.4 Å². The zero-order valence-electron chi connectivity index (χ0n) is 14.1. The average Bonchev–Trinajstić information content (AvgIpc) is 3.26. The van der Waals surface area contributed by atoms with E-state index in [9.17, 15) is 4.79 Å². The topological polar surface area (TPSA) is 85.6 Å². The van der Waals surface area contributed by atoms with Crippen LogP contribution < -0.4 is 5.32 Å². The summed E-state index contributed by atoms with van der Waals surface area (Å²) in [6.45, 7) is 1.89. The van der Waals surface area contributed by atoms with E-state index in [4.69, 9.17) is 11.6 Å². The molecule has 3 heterocycles. The Hall–Kier alpha value is -2.49. The van der Waals surface area contributed by atoms with E-state index in [0.29, 0.717) is 20.8 Å². The Morgan fingerprint density at radius 2 is 2.26 bits per heavy atom. The van der Waals surface area contributed by atoms with E-state index in [-0.39, 0.29) is 11.7 Å². The molecule has 0 saturated heterocycles. The summed E-state index contributed by atoms with van der Waals surface area (Å²) < 4.78 is 1.70. The van der Waals surface area contributed by atoms with Gasteiger partial charge in [0.1, 0.15) is 11.4 Å². The van der Waals surface area contributed by atoms with Crippen LogP contribution in [0, 0.1) is 6.92 Å². The highest BCUT2D eigenvalue weighted by atomic mass is 35.5. The molecule has 0 atom stereocenters. The lowest BCUT2D eigenvalue weighted by Gasteiger charge is -2.05. The summed E-state index contributed by atoms with van der Waals surface area (Å²) in [6.07, 6.45) is 3.16. The minimum atomic E-state index is -0.136. The molecule has 1 N–H and O–H groups in total. The second kappa shape index (κ2) is 7.63. The van der Waals surface area contributed by atoms with Gasteiger partial charge in [-0.15, -0.1) is 11.3 Å². The third-order valence-corrected chi connectivity index (χ3v) is 5.70. The van der Waals surface area contributed by atoms with Crippen molar-refractivity contribution in [3.63, 3.8) is 0 Å². The van der Waals surface area contributed by atoms with Crippen molar-refractivity contribution >= 4 is 56.8 Å². The Morgan fingerprint density at radius 3 is 3.04 bits per heavy atom. The Balaban J connectivity index is 1.53. The summed E-state index contributed by atoms with van der Waals surface area (Å²) in [5.74, 6) is 0.0796. The fourth-order valence-electron chi connectivity index (χ4n) is 2.44. The minimum absolute atomic E-state index is 0.136. The number of nitrogens with zero attached hydrogens (tertiary/aromatic N) is 5. The first kappa shape index (κ1) is 17.9. The number of rotatable bonds is 5. The molecule has 0 unspecified atom stereocenters. The summed E-state index contributed by atoms with van der Waals surface area (Å²) in [4.78, 5) is 25.0. The lowest BCUT2D eigenvalue weighted by molar-refractivity contribution is -0.113. The van der Waals surface area contributed by atoms with E-state index in [1.807, 2.05) is 30.5 Å². The van der Waals surface area contributed by atoms with Crippen LogP contribution in [0.25, 0.3) is 16.7 Å². The number of halogens is 1. The number of thiazole rings is 1. The van der Waals surface area contributed by atoms with Gasteiger partial charge in [-0.2, -0.15) is 5.10 Å². The molecule has 27 heavy (non-hydrogen) atoms. The Labute approximate surface area is 167 Å². The molecule has 0 bridgehead atoms. The van der Waals surface area contributed by atoms with Crippen molar-refractivity contribution in [1.82, 2.24) is 24.7 Å². The zero-order chi connectivity index (χ0) is 18.8. The molecule has 7 nitrogen and oxygen atoms in total. The number of anilines is 1. The Kier molecular flexibility index (Phi) is 5.06. The van der Waals surface area contributed by atoms with Crippen LogP contribution in [0.4, 0.5) is 5.13 Å². The highest BCUT2D eigenvalue weighted by Gasteiger charge is 2.14. The monoisotopic (exact) mass is 416 g/mol. The van der Waals surface area contributed by atoms with Crippen LogP contribution in [0.2, 0.25) is 5.02 Å². The molecule has 4 aromatic rings. The van der Waals surface area contributed by atoms with Crippen LogP contribution in [0.3, 0.4) is 0 Å². The fraction of sp³-hybridized carbons (Fsp3) is 0.118. The van der Waals surface area contributed by atoms with Crippen LogP contribution in [0.1, 0.15) is 5.69 Å². The van der Waals surface area contributed by atoms with Gasteiger partial charge in [0.15, 0.2) is 10.8 Å². The van der Waals surface area contributed by atoms with Crippen LogP contribution >= 0.6 is 34.7 Å². The summed E-state index contributed by atoms with van der Waals surface area (Å²) in [7, 11) is 0. The maximum Gasteiger partial charge on any atom is 0.236 e. The molecule has 0 spiro atoms. The van der Waals surface area contributed by atoms with Gasteiger partial charge in [-0.1, -0.05) is 29.4 Å². The molecule has 0 fully saturated rings. The molecule has 1 aromatic carbocycles. The second-order valence-corrected chi connectivity index (χ2v) is 7.84. The van der Waals surface area contributed by atoms with Crippen LogP contribution in [-0.2, 0) is 4.79 Å². The average molecular weight is 417 g/mol. The molecular weight excluding hydrogens is 404 g/mol. The maximum atomic E-state index is 12.2. The largest absolute Gasteiger partial charge is 0.301 e. The van der Waals surface area contributed by atoms with Gasteiger partial charge in [-0.25, -0.2) is 19.6 Å². The number of aryl methyl sites for hydroxylation is 1. The van der Waals surface area contributed by atoms with Gasteiger partial charge in [-0.05, 0) is 25.1 Å². The fourth-order valence-corrected chi connectivity index (χ4v) is 4.09. The number of hydrogen-bond acceptors (Lipinski definition) is 7. The van der Waals surface area contributed by atoms with Gasteiger partial charge in [0, 0.05) is 10.4 Å². The SMILES string of the molecule is Cc1csc(NC(=O)CSc2ncnc3c2cnn3-c2cccc(Cl)c2)n1. The first-order valence-electron chi connectivity index (χ1n) is 7.89. The maximum absolute atomic E-state index is 12.2. The van der Waals surface area contributed by atoms with Crippen molar-refractivity contribution in [3.8, 4) is 5.69 Å². The summed E-state index contributed by atoms with van der Waals surface area (Å²) in [5, 5.41) is 11.8. The number of aromatic nitrogens is 5. The highest BCUT2D eigenvalue weighted by Crippen LogP contribution is 2.26. The molecule has 10 heteroatoms. The number of fused-ring (bicyclic) bond motifs is 1. The van der Waals surface area contributed by atoms with Crippen LogP contribution in [0.15, 0.2) is 47.2 Å². The van der Waals surface area contributed by atoms with Crippen molar-refractivity contribution in [1.29, 1.82) is 0 Å².